The van der Waals surface area contributed by atoms with Gasteiger partial charge in [-0.3, -0.25) is 22.9 Å². The number of nitrogens with zero attached hydrogens (tertiary/aromatic N) is 2. The van der Waals surface area contributed by atoms with Crippen molar-refractivity contribution in [1.82, 2.24) is 9.55 Å². The number of fused-ring (bicyclic) bond motifs is 2. The monoisotopic (exact) mass is 572 g/mol. The molecule has 1 aromatic carbocycles. The molecule has 2 unspecified atom stereocenters. The van der Waals surface area contributed by atoms with Crippen LogP contribution in [0.25, 0.3) is 0 Å². The van der Waals surface area contributed by atoms with Crippen LogP contribution in [0.3, 0.4) is 0 Å². The van der Waals surface area contributed by atoms with Crippen LogP contribution in [0.1, 0.15) is 44.3 Å². The molecule has 1 amide bonds. The van der Waals surface area contributed by atoms with Crippen LogP contribution < -0.4 is 16.3 Å². The number of benzene rings is 1. The van der Waals surface area contributed by atoms with Gasteiger partial charge in [-0.1, -0.05) is 0 Å². The zero-order valence-corrected chi connectivity index (χ0v) is 22.7. The Morgan fingerprint density at radius 3 is 2.82 bits per heavy atom. The smallest absolute Gasteiger partial charge is 0.378 e. The molecule has 3 aliphatic rings. The Bertz CT molecular complexity index is 1370. The summed E-state index contributed by atoms with van der Waals surface area (Å²) in [4.78, 5) is 30.3. The highest BCUT2D eigenvalue weighted by molar-refractivity contribution is 7.99. The van der Waals surface area contributed by atoms with Crippen LogP contribution in [0.15, 0.2) is 40.2 Å². The van der Waals surface area contributed by atoms with E-state index in [4.69, 9.17) is 18.3 Å². The van der Waals surface area contributed by atoms with Crippen molar-refractivity contribution in [3.63, 3.8) is 0 Å². The first kappa shape index (κ1) is 27.2. The molecular weight excluding hydrogens is 545 g/mol. The molecule has 4 atom stereocenters. The molecule has 0 spiro atoms. The molecule has 4 heterocycles. The van der Waals surface area contributed by atoms with E-state index < -0.39 is 56.5 Å². The Morgan fingerprint density at radius 2 is 2.11 bits per heavy atom. The van der Waals surface area contributed by atoms with Crippen molar-refractivity contribution < 1.29 is 36.4 Å². The van der Waals surface area contributed by atoms with Crippen molar-refractivity contribution in [1.29, 1.82) is 0 Å². The maximum atomic E-state index is 15.3. The van der Waals surface area contributed by atoms with Crippen LogP contribution in [-0.2, 0) is 22.9 Å². The van der Waals surface area contributed by atoms with Crippen LogP contribution in [-0.4, -0.2) is 57.6 Å². The fourth-order valence-corrected chi connectivity index (χ4v) is 6.87. The first-order valence-electron chi connectivity index (χ1n) is 11.9. The molecule has 5 rings (SSSR count). The largest absolute Gasteiger partial charge is 0.475 e. The highest BCUT2D eigenvalue weighted by Crippen LogP contribution is 2.60. The van der Waals surface area contributed by atoms with Gasteiger partial charge in [-0.25, -0.2) is 9.36 Å². The number of phosphoric acid groups is 1. The van der Waals surface area contributed by atoms with E-state index in [2.05, 4.69) is 29.5 Å². The summed E-state index contributed by atoms with van der Waals surface area (Å²) in [6.07, 6.45) is -4.90. The summed E-state index contributed by atoms with van der Waals surface area (Å²) in [6.45, 7) is 6.75. The third-order valence-corrected chi connectivity index (χ3v) is 9.12. The molecule has 15 heteroatoms. The Kier molecular flexibility index (Phi) is 6.94. The summed E-state index contributed by atoms with van der Waals surface area (Å²) < 4.78 is 64.2. The van der Waals surface area contributed by atoms with Gasteiger partial charge in [-0.2, -0.15) is 13.8 Å². The summed E-state index contributed by atoms with van der Waals surface area (Å²) in [5.41, 5.74) is -0.0748. The van der Waals surface area contributed by atoms with Crippen LogP contribution in [0.5, 0.6) is 0 Å². The Labute approximate surface area is 221 Å². The highest BCUT2D eigenvalue weighted by Gasteiger charge is 2.65. The van der Waals surface area contributed by atoms with E-state index in [0.29, 0.717) is 10.1 Å². The molecule has 11 nitrogen and oxygen atoms in total. The van der Waals surface area contributed by atoms with Crippen molar-refractivity contribution in [2.45, 2.75) is 68.6 Å². The van der Waals surface area contributed by atoms with Gasteiger partial charge in [0, 0.05) is 33.6 Å². The maximum Gasteiger partial charge on any atom is 0.475 e. The summed E-state index contributed by atoms with van der Waals surface area (Å²) in [7, 11) is -4.23. The average molecular weight is 573 g/mol. The summed E-state index contributed by atoms with van der Waals surface area (Å²) >= 11 is 1.68. The lowest BCUT2D eigenvalue weighted by atomic mass is 10.1. The van der Waals surface area contributed by atoms with Crippen molar-refractivity contribution in [3.8, 4) is 0 Å². The molecule has 0 aliphatic carbocycles. The second kappa shape index (κ2) is 9.68. The first-order valence-corrected chi connectivity index (χ1v) is 14.3. The molecule has 206 valence electrons. The number of rotatable bonds is 5. The number of nitrogens with one attached hydrogen (secondary N) is 2. The normalized spacial score (nSPS) is 29.3. The van der Waals surface area contributed by atoms with Crippen molar-refractivity contribution in [3.05, 3.63) is 46.5 Å². The number of alkyl halides is 2. The lowest BCUT2D eigenvalue weighted by molar-refractivity contribution is -0.139. The van der Waals surface area contributed by atoms with Crippen LogP contribution in [0.2, 0.25) is 0 Å². The zero-order chi connectivity index (χ0) is 27.5. The minimum Gasteiger partial charge on any atom is -0.378 e. The number of thioether (sulfide) groups is 1. The van der Waals surface area contributed by atoms with Crippen LogP contribution in [0.4, 0.5) is 20.3 Å². The highest BCUT2D eigenvalue weighted by atomic mass is 32.2. The lowest BCUT2D eigenvalue weighted by Gasteiger charge is -2.33. The maximum absolute atomic E-state index is 15.3. The summed E-state index contributed by atoms with van der Waals surface area (Å²) in [5.74, 6) is -3.53. The lowest BCUT2D eigenvalue weighted by Crippen LogP contribution is -2.45. The third-order valence-electron chi connectivity index (χ3n) is 5.96. The van der Waals surface area contributed by atoms with Gasteiger partial charge in [0.1, 0.15) is 11.9 Å². The van der Waals surface area contributed by atoms with E-state index >= 15 is 8.78 Å². The molecular formula is C23H27F2N4O7PS. The Morgan fingerprint density at radius 1 is 1.34 bits per heavy atom. The van der Waals surface area contributed by atoms with E-state index in [1.807, 2.05) is 6.07 Å². The van der Waals surface area contributed by atoms with Crippen LogP contribution >= 0.6 is 19.6 Å². The van der Waals surface area contributed by atoms with Gasteiger partial charge in [0.05, 0.1) is 12.7 Å². The number of halogens is 2. The number of hydrogen-bond donors (Lipinski definition) is 2. The van der Waals surface area contributed by atoms with Gasteiger partial charge >= 0.3 is 19.4 Å². The molecule has 0 saturated carbocycles. The van der Waals surface area contributed by atoms with Gasteiger partial charge in [-0.05, 0) is 52.0 Å². The Balaban J connectivity index is 1.32. The van der Waals surface area contributed by atoms with Crippen LogP contribution in [0, 0.1) is 0 Å². The molecule has 2 N–H and O–H groups in total. The molecule has 2 saturated heterocycles. The fraction of sp³-hybridized carbons (Fsp3) is 0.522. The molecule has 1 aromatic heterocycles. The Hall–Kier alpha value is -2.35. The molecule has 2 aromatic rings. The molecule has 0 bridgehead atoms. The molecule has 0 radical (unpaired) electrons. The SMILES string of the molecule is CC(C)OP1(=O)OC[C@H]2OC(n3ccc(NC(=O)c4ccc5c(c4)NC(C)(C)CS5)nc3=O)C(F)(F)[C@@H]2O1. The quantitative estimate of drug-likeness (QED) is 0.501. The molecule has 38 heavy (non-hydrogen) atoms. The zero-order valence-electron chi connectivity index (χ0n) is 21.0. The second-order valence-electron chi connectivity index (χ2n) is 10.1. The van der Waals surface area contributed by atoms with Gasteiger partial charge in [0.15, 0.2) is 6.10 Å². The number of amides is 1. The summed E-state index contributed by atoms with van der Waals surface area (Å²) in [6, 6.07) is 6.40. The number of phosphoric ester groups is 1. The number of aromatic nitrogens is 2. The number of ether oxygens (including phenoxy) is 1. The van der Waals surface area contributed by atoms with E-state index in [1.165, 1.54) is 6.07 Å². The van der Waals surface area contributed by atoms with E-state index in [-0.39, 0.29) is 11.4 Å². The minimum absolute atomic E-state index is 0.121. The number of hydrogen-bond acceptors (Lipinski definition) is 10. The number of anilines is 2. The van der Waals surface area contributed by atoms with Gasteiger partial charge in [0.25, 0.3) is 5.91 Å². The van der Waals surface area contributed by atoms with E-state index in [1.54, 1.807) is 37.7 Å². The third kappa shape index (κ3) is 5.25. The predicted octanol–water partition coefficient (Wildman–Crippen LogP) is 4.27. The van der Waals surface area contributed by atoms with E-state index in [9.17, 15) is 14.2 Å². The molecule has 3 aliphatic heterocycles. The van der Waals surface area contributed by atoms with E-state index in [0.717, 1.165) is 22.5 Å². The van der Waals surface area contributed by atoms with Crippen molar-refractivity contribution in [2.24, 2.45) is 0 Å². The standard InChI is InChI=1S/C23H27F2N4O7PS/c1-12(2)35-37(32)33-10-15-18(36-37)23(24,25)20(34-15)29-8-7-17(27-21(29)31)26-19(30)13-5-6-16-14(9-13)28-22(3,4)11-38-16/h5-9,12,15,18,20,28H,10-11H2,1-4H3,(H,26,27,30,31)/t15-,18-,20?,37?/m1/s1. The first-order chi connectivity index (χ1) is 17.8. The second-order valence-corrected chi connectivity index (χ2v) is 12.7. The van der Waals surface area contributed by atoms with Crippen molar-refractivity contribution >= 4 is 37.0 Å². The van der Waals surface area contributed by atoms with Gasteiger partial charge in [-0.15, -0.1) is 11.8 Å². The van der Waals surface area contributed by atoms with Gasteiger partial charge in [0.2, 0.25) is 6.23 Å². The summed E-state index contributed by atoms with van der Waals surface area (Å²) in [5, 5.41) is 5.91. The van der Waals surface area contributed by atoms with Crippen molar-refractivity contribution in [2.75, 3.05) is 23.0 Å². The molecule has 2 fully saturated rings. The minimum atomic E-state index is -4.23. The predicted molar refractivity (Wildman–Crippen MR) is 135 cm³/mol. The number of carbonyl (C=O) groups is 1. The van der Waals surface area contributed by atoms with Gasteiger partial charge < -0.3 is 15.4 Å². The average Bonchev–Trinajstić information content (AvgIpc) is 3.07. The number of carbonyl (C=O) groups excluding carboxylic acids is 1. The fourth-order valence-electron chi connectivity index (χ4n) is 4.28. The topological polar surface area (TPSA) is 130 Å².